The Morgan fingerprint density at radius 3 is 2.54 bits per heavy atom. The molecule has 1 heterocycles. The van der Waals surface area contributed by atoms with Gasteiger partial charge in [-0.1, -0.05) is 0 Å². The summed E-state index contributed by atoms with van der Waals surface area (Å²) in [6, 6.07) is 0. The van der Waals surface area contributed by atoms with Crippen LogP contribution in [0, 0.1) is 0 Å². The van der Waals surface area contributed by atoms with Crippen molar-refractivity contribution in [1.29, 1.82) is 0 Å². The summed E-state index contributed by atoms with van der Waals surface area (Å²) in [5.74, 6) is -0.553. The normalized spacial score (nSPS) is 20.5. The second kappa shape index (κ2) is 5.12. The molecule has 1 aliphatic rings. The van der Waals surface area contributed by atoms with E-state index in [1.165, 1.54) is 0 Å². The van der Waals surface area contributed by atoms with Crippen LogP contribution in [-0.2, 0) is 4.74 Å². The Morgan fingerprint density at radius 1 is 1.38 bits per heavy atom. The number of thioether (sulfide) groups is 1. The van der Waals surface area contributed by atoms with Crippen molar-refractivity contribution in [3.8, 4) is 0 Å². The first kappa shape index (κ1) is 11.2. The van der Waals surface area contributed by atoms with Gasteiger partial charge in [0.05, 0.1) is 6.73 Å². The van der Waals surface area contributed by atoms with Gasteiger partial charge >= 0.3 is 0 Å². The second-order valence-corrected chi connectivity index (χ2v) is 4.50. The van der Waals surface area contributed by atoms with E-state index in [4.69, 9.17) is 4.74 Å². The predicted octanol–water partition coefficient (Wildman–Crippen LogP) is 1.66. The third kappa shape index (κ3) is 5.44. The van der Waals surface area contributed by atoms with Crippen molar-refractivity contribution < 1.29 is 13.5 Å². The van der Waals surface area contributed by atoms with E-state index in [9.17, 15) is 8.78 Å². The van der Waals surface area contributed by atoms with Crippen molar-refractivity contribution in [2.24, 2.45) is 0 Å². The molecular formula is C8H15F2NOS. The number of nitrogens with zero attached hydrogens (tertiary/aromatic N) is 1. The largest absolute Gasteiger partial charge is 0.360 e. The van der Waals surface area contributed by atoms with Crippen LogP contribution in [0.1, 0.15) is 6.92 Å². The molecule has 2 nitrogen and oxygen atoms in total. The van der Waals surface area contributed by atoms with Crippen molar-refractivity contribution in [2.45, 2.75) is 12.8 Å². The van der Waals surface area contributed by atoms with Crippen LogP contribution in [0.3, 0.4) is 0 Å². The van der Waals surface area contributed by atoms with Crippen molar-refractivity contribution >= 4 is 11.8 Å². The van der Waals surface area contributed by atoms with E-state index < -0.39 is 12.5 Å². The molecule has 0 aromatic rings. The van der Waals surface area contributed by atoms with Crippen molar-refractivity contribution in [3.05, 3.63) is 0 Å². The molecule has 1 fully saturated rings. The standard InChI is InChI=1S/C8H15F2NOS/c1-8(9,10)6-12-7-11-2-4-13-5-3-11/h2-7H2,1H3. The Morgan fingerprint density at radius 2 is 2.00 bits per heavy atom. The Labute approximate surface area is 81.6 Å². The lowest BCUT2D eigenvalue weighted by molar-refractivity contribution is -0.0861. The van der Waals surface area contributed by atoms with Gasteiger partial charge < -0.3 is 4.74 Å². The third-order valence-electron chi connectivity index (χ3n) is 1.73. The van der Waals surface area contributed by atoms with E-state index in [2.05, 4.69) is 4.90 Å². The zero-order valence-corrected chi connectivity index (χ0v) is 8.58. The van der Waals surface area contributed by atoms with E-state index in [-0.39, 0.29) is 0 Å². The molecule has 1 saturated heterocycles. The highest BCUT2D eigenvalue weighted by atomic mass is 32.2. The Bertz CT molecular complexity index is 146. The van der Waals surface area contributed by atoms with Crippen LogP contribution in [0.2, 0.25) is 0 Å². The lowest BCUT2D eigenvalue weighted by atomic mass is 10.4. The van der Waals surface area contributed by atoms with Gasteiger partial charge in [0, 0.05) is 31.5 Å². The van der Waals surface area contributed by atoms with E-state index in [0.717, 1.165) is 31.5 Å². The molecule has 13 heavy (non-hydrogen) atoms. The maximum atomic E-state index is 12.3. The van der Waals surface area contributed by atoms with Crippen LogP contribution in [0.25, 0.3) is 0 Å². The number of hydrogen-bond donors (Lipinski definition) is 0. The van der Waals surface area contributed by atoms with Crippen LogP contribution >= 0.6 is 11.8 Å². The van der Waals surface area contributed by atoms with Crippen molar-refractivity contribution in [1.82, 2.24) is 4.90 Å². The zero-order valence-electron chi connectivity index (χ0n) is 7.76. The number of hydrogen-bond acceptors (Lipinski definition) is 3. The number of ether oxygens (including phenoxy) is 1. The average molecular weight is 211 g/mol. The summed E-state index contributed by atoms with van der Waals surface area (Å²) < 4.78 is 29.6. The van der Waals surface area contributed by atoms with Crippen LogP contribution in [0.4, 0.5) is 8.78 Å². The van der Waals surface area contributed by atoms with Gasteiger partial charge in [0.1, 0.15) is 6.61 Å². The summed E-state index contributed by atoms with van der Waals surface area (Å²) in [5, 5.41) is 0. The molecule has 0 unspecified atom stereocenters. The highest BCUT2D eigenvalue weighted by Gasteiger charge is 2.21. The highest BCUT2D eigenvalue weighted by molar-refractivity contribution is 7.99. The van der Waals surface area contributed by atoms with Gasteiger partial charge in [-0.2, -0.15) is 11.8 Å². The van der Waals surface area contributed by atoms with Crippen molar-refractivity contribution in [3.63, 3.8) is 0 Å². The van der Waals surface area contributed by atoms with E-state index in [1.807, 2.05) is 11.8 Å². The molecule has 0 atom stereocenters. The summed E-state index contributed by atoms with van der Waals surface area (Å²) in [6.07, 6.45) is 0. The fourth-order valence-electron chi connectivity index (χ4n) is 1.08. The number of halogens is 2. The maximum absolute atomic E-state index is 12.3. The fourth-order valence-corrected chi connectivity index (χ4v) is 2.06. The minimum atomic E-state index is -2.70. The molecule has 0 aromatic carbocycles. The van der Waals surface area contributed by atoms with Crippen LogP contribution in [0.5, 0.6) is 0 Å². The molecule has 0 N–H and O–H groups in total. The summed E-state index contributed by atoms with van der Waals surface area (Å²) >= 11 is 1.89. The molecule has 0 amide bonds. The third-order valence-corrected chi connectivity index (χ3v) is 2.68. The Hall–Kier alpha value is 0.130. The average Bonchev–Trinajstić information content (AvgIpc) is 2.04. The molecule has 0 spiro atoms. The van der Waals surface area contributed by atoms with Gasteiger partial charge in [-0.25, -0.2) is 8.78 Å². The van der Waals surface area contributed by atoms with Crippen molar-refractivity contribution in [2.75, 3.05) is 37.9 Å². The molecule has 1 rings (SSSR count). The monoisotopic (exact) mass is 211 g/mol. The zero-order chi connectivity index (χ0) is 9.73. The van der Waals surface area contributed by atoms with Crippen LogP contribution in [-0.4, -0.2) is 48.8 Å². The molecule has 78 valence electrons. The first-order valence-corrected chi connectivity index (χ1v) is 5.49. The topological polar surface area (TPSA) is 12.5 Å². The van der Waals surface area contributed by atoms with Gasteiger partial charge in [0.2, 0.25) is 0 Å². The minimum absolute atomic E-state index is 0.337. The molecule has 0 saturated carbocycles. The van der Waals surface area contributed by atoms with Crippen LogP contribution in [0.15, 0.2) is 0 Å². The molecule has 1 aliphatic heterocycles. The lowest BCUT2D eigenvalue weighted by Crippen LogP contribution is -2.35. The van der Waals surface area contributed by atoms with Crippen LogP contribution < -0.4 is 0 Å². The molecular weight excluding hydrogens is 196 g/mol. The van der Waals surface area contributed by atoms with Gasteiger partial charge in [0.25, 0.3) is 5.92 Å². The Balaban J connectivity index is 2.04. The molecule has 0 radical (unpaired) electrons. The highest BCUT2D eigenvalue weighted by Crippen LogP contribution is 2.13. The van der Waals surface area contributed by atoms with Gasteiger partial charge in [-0.15, -0.1) is 0 Å². The summed E-state index contributed by atoms with van der Waals surface area (Å²) in [7, 11) is 0. The number of rotatable bonds is 4. The quantitative estimate of drug-likeness (QED) is 0.702. The molecule has 0 aliphatic carbocycles. The summed E-state index contributed by atoms with van der Waals surface area (Å²) in [4.78, 5) is 2.06. The SMILES string of the molecule is CC(F)(F)COCN1CCSCC1. The minimum Gasteiger partial charge on any atom is -0.360 e. The molecule has 0 aromatic heterocycles. The number of alkyl halides is 2. The van der Waals surface area contributed by atoms with E-state index in [1.54, 1.807) is 0 Å². The maximum Gasteiger partial charge on any atom is 0.268 e. The summed E-state index contributed by atoms with van der Waals surface area (Å²) in [6.45, 7) is 2.62. The first-order valence-electron chi connectivity index (χ1n) is 4.33. The fraction of sp³-hybridized carbons (Fsp3) is 1.00. The Kier molecular flexibility index (Phi) is 4.41. The first-order chi connectivity index (χ1) is 6.08. The van der Waals surface area contributed by atoms with Gasteiger partial charge in [-0.3, -0.25) is 4.90 Å². The smallest absolute Gasteiger partial charge is 0.268 e. The van der Waals surface area contributed by atoms with E-state index in [0.29, 0.717) is 6.73 Å². The summed E-state index contributed by atoms with van der Waals surface area (Å²) in [5.41, 5.74) is 0. The molecule has 0 bridgehead atoms. The predicted molar refractivity (Wildman–Crippen MR) is 50.3 cm³/mol. The van der Waals surface area contributed by atoms with Gasteiger partial charge in [-0.05, 0) is 0 Å². The van der Waals surface area contributed by atoms with E-state index >= 15 is 0 Å². The second-order valence-electron chi connectivity index (χ2n) is 3.28. The lowest BCUT2D eigenvalue weighted by Gasteiger charge is -2.26. The van der Waals surface area contributed by atoms with Gasteiger partial charge in [0.15, 0.2) is 0 Å². The molecule has 5 heteroatoms.